The molecule has 16 heavy (non-hydrogen) atoms. The number of rotatable bonds is 5. The van der Waals surface area contributed by atoms with Gasteiger partial charge in [-0.1, -0.05) is 61.6 Å². The van der Waals surface area contributed by atoms with Crippen LogP contribution in [0.1, 0.15) is 18.1 Å². The van der Waals surface area contributed by atoms with Gasteiger partial charge in [-0.05, 0) is 29.2 Å². The molecule has 0 spiro atoms. The maximum atomic E-state index is 3.94. The van der Waals surface area contributed by atoms with Gasteiger partial charge in [0.25, 0.3) is 0 Å². The molecule has 0 heterocycles. The van der Waals surface area contributed by atoms with Crippen molar-refractivity contribution < 1.29 is 0 Å². The van der Waals surface area contributed by atoms with Crippen molar-refractivity contribution in [1.29, 1.82) is 0 Å². The average Bonchev–Trinajstić information content (AvgIpc) is 2.27. The van der Waals surface area contributed by atoms with Crippen molar-refractivity contribution in [1.82, 2.24) is 0 Å². The highest BCUT2D eigenvalue weighted by molar-refractivity contribution is 8.03. The van der Waals surface area contributed by atoms with Crippen molar-refractivity contribution >= 4 is 17.8 Å². The molecule has 0 saturated carbocycles. The predicted molar refractivity (Wildman–Crippen MR) is 76.6 cm³/mol. The summed E-state index contributed by atoms with van der Waals surface area (Å²) in [4.78, 5) is 1.11. The van der Waals surface area contributed by atoms with E-state index < -0.39 is 0 Å². The molecule has 0 saturated heterocycles. The molecule has 0 aliphatic carbocycles. The Morgan fingerprint density at radius 1 is 1.25 bits per heavy atom. The third-order valence-electron chi connectivity index (χ3n) is 2.09. The van der Waals surface area contributed by atoms with Gasteiger partial charge in [0.05, 0.1) is 0 Å². The summed E-state index contributed by atoms with van der Waals surface area (Å²) in [6.45, 7) is 8.17. The van der Waals surface area contributed by atoms with Crippen LogP contribution in [-0.4, -0.2) is 5.75 Å². The minimum absolute atomic E-state index is 1.07. The molecule has 0 aromatic heterocycles. The van der Waals surface area contributed by atoms with E-state index in [1.807, 2.05) is 18.2 Å². The van der Waals surface area contributed by atoms with Crippen LogP contribution < -0.4 is 0 Å². The van der Waals surface area contributed by atoms with Gasteiger partial charge in [0.2, 0.25) is 0 Å². The van der Waals surface area contributed by atoms with Crippen LogP contribution in [0.5, 0.6) is 0 Å². The smallest absolute Gasteiger partial charge is 0.0000133 e. The summed E-state index contributed by atoms with van der Waals surface area (Å²) >= 11 is 1.76. The van der Waals surface area contributed by atoms with Gasteiger partial charge in [0.15, 0.2) is 0 Å². The molecule has 0 unspecified atom stereocenters. The minimum atomic E-state index is 1.07. The molecule has 84 valence electrons. The Balaban J connectivity index is 2.48. The number of thioether (sulfide) groups is 1. The molecule has 1 aromatic carbocycles. The van der Waals surface area contributed by atoms with Gasteiger partial charge in [-0.3, -0.25) is 0 Å². The molecule has 0 nitrogen and oxygen atoms in total. The molecule has 0 bridgehead atoms. The van der Waals surface area contributed by atoms with E-state index in [0.717, 1.165) is 10.7 Å². The molecule has 0 fully saturated rings. The van der Waals surface area contributed by atoms with Gasteiger partial charge in [0.1, 0.15) is 0 Å². The number of hydrogen-bond acceptors (Lipinski definition) is 1. The first kappa shape index (κ1) is 12.9. The minimum Gasteiger partial charge on any atom is -0.127 e. The highest BCUT2D eigenvalue weighted by atomic mass is 32.2. The van der Waals surface area contributed by atoms with Crippen LogP contribution in [-0.2, 0) is 0 Å². The Morgan fingerprint density at radius 2 is 1.94 bits per heavy atom. The van der Waals surface area contributed by atoms with E-state index in [1.165, 1.54) is 11.1 Å². The van der Waals surface area contributed by atoms with E-state index >= 15 is 0 Å². The summed E-state index contributed by atoms with van der Waals surface area (Å²) in [6, 6.07) is 8.48. The first-order chi connectivity index (χ1) is 7.72. The van der Waals surface area contributed by atoms with Gasteiger partial charge >= 0.3 is 0 Å². The summed E-state index contributed by atoms with van der Waals surface area (Å²) in [5.41, 5.74) is 2.52. The Labute approximate surface area is 103 Å². The maximum Gasteiger partial charge on any atom is -0.0000133 e. The summed E-state index contributed by atoms with van der Waals surface area (Å²) in [5, 5.41) is 0. The van der Waals surface area contributed by atoms with Crippen molar-refractivity contribution in [2.45, 2.75) is 13.8 Å². The molecule has 1 rings (SSSR count). The second kappa shape index (κ2) is 7.13. The quantitative estimate of drug-likeness (QED) is 0.653. The molecule has 1 aromatic rings. The van der Waals surface area contributed by atoms with E-state index in [4.69, 9.17) is 0 Å². The van der Waals surface area contributed by atoms with E-state index in [2.05, 4.69) is 50.8 Å². The fourth-order valence-electron chi connectivity index (χ4n) is 1.24. The molecule has 0 N–H and O–H groups in total. The Hall–Kier alpha value is -1.21. The van der Waals surface area contributed by atoms with E-state index in [-0.39, 0.29) is 0 Å². The van der Waals surface area contributed by atoms with Crippen LogP contribution in [0.3, 0.4) is 0 Å². The number of aryl methyl sites for hydroxylation is 1. The summed E-state index contributed by atoms with van der Waals surface area (Å²) in [6.07, 6.45) is 8.22. The van der Waals surface area contributed by atoms with Crippen molar-refractivity contribution in [3.63, 3.8) is 0 Å². The normalized spacial score (nSPS) is 11.4. The lowest BCUT2D eigenvalue weighted by atomic mass is 10.1. The summed E-state index contributed by atoms with van der Waals surface area (Å²) in [7, 11) is 0. The van der Waals surface area contributed by atoms with Gasteiger partial charge in [0, 0.05) is 0 Å². The monoisotopic (exact) mass is 230 g/mol. The number of allylic oxidation sites excluding steroid dienone is 3. The lowest BCUT2D eigenvalue weighted by Gasteiger charge is -1.94. The molecular weight excluding hydrogens is 212 g/mol. The summed E-state index contributed by atoms with van der Waals surface area (Å²) in [5.74, 6) is 1.07. The topological polar surface area (TPSA) is 0 Å². The molecule has 0 radical (unpaired) electrons. The third-order valence-corrected chi connectivity index (χ3v) is 2.88. The highest BCUT2D eigenvalue weighted by Gasteiger charge is 1.85. The van der Waals surface area contributed by atoms with Crippen molar-refractivity contribution in [2.75, 3.05) is 5.75 Å². The van der Waals surface area contributed by atoms with Gasteiger partial charge in [-0.2, -0.15) is 0 Å². The molecule has 0 atom stereocenters. The van der Waals surface area contributed by atoms with E-state index in [0.29, 0.717) is 0 Å². The standard InChI is InChI=1S/C15H18S/c1-4-16-14(3)7-5-6-8-15-11-9-13(2)10-12-15/h5-12H,3-4H2,1-2H3/b7-5+,8-6+. The van der Waals surface area contributed by atoms with Crippen LogP contribution in [0.4, 0.5) is 0 Å². The SMILES string of the molecule is C=C(/C=C/C=C/c1ccc(C)cc1)SCC. The molecule has 0 amide bonds. The third kappa shape index (κ3) is 5.04. The lowest BCUT2D eigenvalue weighted by Crippen LogP contribution is -1.72. The van der Waals surface area contributed by atoms with Crippen LogP contribution in [0, 0.1) is 6.92 Å². The fraction of sp³-hybridized carbons (Fsp3) is 0.200. The maximum absolute atomic E-state index is 3.94. The zero-order valence-corrected chi connectivity index (χ0v) is 10.8. The summed E-state index contributed by atoms with van der Waals surface area (Å²) < 4.78 is 0. The van der Waals surface area contributed by atoms with Crippen LogP contribution in [0.2, 0.25) is 0 Å². The number of benzene rings is 1. The van der Waals surface area contributed by atoms with Gasteiger partial charge in [-0.15, -0.1) is 11.8 Å². The van der Waals surface area contributed by atoms with Crippen molar-refractivity contribution in [3.05, 3.63) is 65.1 Å². The second-order valence-electron chi connectivity index (χ2n) is 3.53. The first-order valence-corrected chi connectivity index (χ1v) is 6.44. The zero-order valence-electron chi connectivity index (χ0n) is 9.94. The fourth-order valence-corrected chi connectivity index (χ4v) is 1.79. The highest BCUT2D eigenvalue weighted by Crippen LogP contribution is 2.13. The van der Waals surface area contributed by atoms with E-state index in [9.17, 15) is 0 Å². The second-order valence-corrected chi connectivity index (χ2v) is 4.92. The van der Waals surface area contributed by atoms with Crippen LogP contribution in [0.15, 0.2) is 54.0 Å². The van der Waals surface area contributed by atoms with Gasteiger partial charge < -0.3 is 0 Å². The zero-order chi connectivity index (χ0) is 11.8. The molecule has 1 heteroatoms. The Kier molecular flexibility index (Phi) is 5.73. The van der Waals surface area contributed by atoms with Crippen molar-refractivity contribution in [3.8, 4) is 0 Å². The largest absolute Gasteiger partial charge is 0.127 e. The average molecular weight is 230 g/mol. The first-order valence-electron chi connectivity index (χ1n) is 5.45. The van der Waals surface area contributed by atoms with E-state index in [1.54, 1.807) is 11.8 Å². The number of hydrogen-bond donors (Lipinski definition) is 0. The Morgan fingerprint density at radius 3 is 2.56 bits per heavy atom. The molecule has 0 aliphatic rings. The van der Waals surface area contributed by atoms with Gasteiger partial charge in [-0.25, -0.2) is 0 Å². The van der Waals surface area contributed by atoms with Crippen LogP contribution in [0.25, 0.3) is 6.08 Å². The van der Waals surface area contributed by atoms with Crippen molar-refractivity contribution in [2.24, 2.45) is 0 Å². The Bertz CT molecular complexity index is 382. The molecular formula is C15H18S. The predicted octanol–water partition coefficient (Wildman–Crippen LogP) is 4.83. The lowest BCUT2D eigenvalue weighted by molar-refractivity contribution is 1.46. The van der Waals surface area contributed by atoms with Crippen LogP contribution >= 0.6 is 11.8 Å². The molecule has 0 aliphatic heterocycles.